The number of benzene rings is 1. The Morgan fingerprint density at radius 3 is 2.68 bits per heavy atom. The maximum Gasteiger partial charge on any atom is 0.269 e. The fourth-order valence-electron chi connectivity index (χ4n) is 2.05. The Morgan fingerprint density at radius 1 is 1.32 bits per heavy atom. The van der Waals surface area contributed by atoms with Crippen molar-refractivity contribution in [2.24, 2.45) is 0 Å². The monoisotopic (exact) mass is 295 g/mol. The third-order valence-corrected chi connectivity index (χ3v) is 3.08. The van der Waals surface area contributed by atoms with Gasteiger partial charge in [-0.2, -0.15) is 5.26 Å². The van der Waals surface area contributed by atoms with Crippen LogP contribution in [-0.4, -0.2) is 19.9 Å². The van der Waals surface area contributed by atoms with Gasteiger partial charge in [-0.15, -0.1) is 5.10 Å². The number of nitro benzene ring substituents is 1. The topological polar surface area (TPSA) is 111 Å². The first kappa shape index (κ1) is 13.5. The van der Waals surface area contributed by atoms with Gasteiger partial charge in [0.15, 0.2) is 11.5 Å². The molecule has 0 amide bonds. The molecule has 2 heterocycles. The van der Waals surface area contributed by atoms with Crippen molar-refractivity contribution in [2.75, 3.05) is 0 Å². The fraction of sp³-hybridized carbons (Fsp3) is 0.0714. The molecule has 3 aromatic rings. The Bertz CT molecular complexity index is 844. The van der Waals surface area contributed by atoms with Crippen LogP contribution in [0.1, 0.15) is 11.3 Å². The molecule has 8 heteroatoms. The molecule has 0 unspecified atom stereocenters. The lowest BCUT2D eigenvalue weighted by atomic mass is 10.2. The zero-order valence-electron chi connectivity index (χ0n) is 11.2. The van der Waals surface area contributed by atoms with Crippen LogP contribution in [0.15, 0.2) is 47.1 Å². The van der Waals surface area contributed by atoms with E-state index in [2.05, 4.69) is 10.3 Å². The summed E-state index contributed by atoms with van der Waals surface area (Å²) in [4.78, 5) is 10.2. The van der Waals surface area contributed by atoms with Crippen LogP contribution >= 0.6 is 0 Å². The minimum absolute atomic E-state index is 0.0197. The van der Waals surface area contributed by atoms with Gasteiger partial charge in [-0.25, -0.2) is 4.68 Å². The lowest BCUT2D eigenvalue weighted by Crippen LogP contribution is -2.04. The average molecular weight is 295 g/mol. The quantitative estimate of drug-likeness (QED) is 0.539. The second kappa shape index (κ2) is 5.49. The molecule has 8 nitrogen and oxygen atoms in total. The van der Waals surface area contributed by atoms with Crippen molar-refractivity contribution >= 4 is 5.69 Å². The zero-order chi connectivity index (χ0) is 15.5. The average Bonchev–Trinajstić information content (AvgIpc) is 3.16. The summed E-state index contributed by atoms with van der Waals surface area (Å²) in [6.07, 6.45) is 1.50. The van der Waals surface area contributed by atoms with E-state index in [1.165, 1.54) is 23.1 Å². The number of hydrogen-bond donors (Lipinski definition) is 0. The van der Waals surface area contributed by atoms with Crippen molar-refractivity contribution in [3.05, 3.63) is 64.0 Å². The number of hydrogen-bond acceptors (Lipinski definition) is 6. The molecule has 2 aromatic heterocycles. The first-order valence-corrected chi connectivity index (χ1v) is 6.30. The minimum atomic E-state index is -0.457. The lowest BCUT2D eigenvalue weighted by Gasteiger charge is -2.04. The van der Waals surface area contributed by atoms with Gasteiger partial charge in [0.05, 0.1) is 17.7 Å². The van der Waals surface area contributed by atoms with E-state index in [4.69, 9.17) is 9.68 Å². The van der Waals surface area contributed by atoms with E-state index < -0.39 is 4.92 Å². The number of nitrogens with zero attached hydrogens (tertiary/aromatic N) is 5. The summed E-state index contributed by atoms with van der Waals surface area (Å²) in [7, 11) is 0. The molecule has 0 aliphatic rings. The summed E-state index contributed by atoms with van der Waals surface area (Å²) in [6, 6.07) is 11.5. The molecule has 108 valence electrons. The van der Waals surface area contributed by atoms with Gasteiger partial charge in [-0.1, -0.05) is 17.3 Å². The number of aromatic nitrogens is 3. The van der Waals surface area contributed by atoms with Gasteiger partial charge >= 0.3 is 0 Å². The molecule has 0 bridgehead atoms. The maximum atomic E-state index is 10.7. The first-order chi connectivity index (χ1) is 10.7. The smallest absolute Gasteiger partial charge is 0.269 e. The third-order valence-electron chi connectivity index (χ3n) is 3.08. The van der Waals surface area contributed by atoms with Gasteiger partial charge < -0.3 is 4.42 Å². The van der Waals surface area contributed by atoms with E-state index >= 15 is 0 Å². The lowest BCUT2D eigenvalue weighted by molar-refractivity contribution is -0.384. The summed E-state index contributed by atoms with van der Waals surface area (Å²) in [5.41, 5.74) is 1.46. The van der Waals surface area contributed by atoms with E-state index in [1.54, 1.807) is 24.3 Å². The number of rotatable bonds is 4. The van der Waals surface area contributed by atoms with Crippen LogP contribution in [0.2, 0.25) is 0 Å². The van der Waals surface area contributed by atoms with Gasteiger partial charge in [0.1, 0.15) is 11.8 Å². The van der Waals surface area contributed by atoms with Crippen molar-refractivity contribution < 1.29 is 9.34 Å². The van der Waals surface area contributed by atoms with Crippen molar-refractivity contribution in [3.63, 3.8) is 0 Å². The number of nitro groups is 1. The Balaban J connectivity index is 1.95. The molecule has 0 atom stereocenters. The molecular weight excluding hydrogens is 286 g/mol. The third kappa shape index (κ3) is 2.43. The molecule has 0 spiro atoms. The molecule has 3 rings (SSSR count). The van der Waals surface area contributed by atoms with Gasteiger partial charge in [-0.05, 0) is 17.7 Å². The van der Waals surface area contributed by atoms with Crippen LogP contribution < -0.4 is 0 Å². The van der Waals surface area contributed by atoms with Gasteiger partial charge in [0.2, 0.25) is 0 Å². The highest BCUT2D eigenvalue weighted by Crippen LogP contribution is 2.23. The highest BCUT2D eigenvalue weighted by atomic mass is 16.6. The highest BCUT2D eigenvalue weighted by molar-refractivity contribution is 5.59. The molecule has 22 heavy (non-hydrogen) atoms. The molecule has 0 radical (unpaired) electrons. The van der Waals surface area contributed by atoms with Crippen LogP contribution in [0.25, 0.3) is 11.5 Å². The van der Waals surface area contributed by atoms with Crippen LogP contribution in [0.3, 0.4) is 0 Å². The second-order valence-corrected chi connectivity index (χ2v) is 4.46. The van der Waals surface area contributed by atoms with Crippen LogP contribution in [0.4, 0.5) is 5.69 Å². The Kier molecular flexibility index (Phi) is 3.37. The zero-order valence-corrected chi connectivity index (χ0v) is 11.2. The molecule has 0 aliphatic carbocycles. The molecule has 0 fully saturated rings. The van der Waals surface area contributed by atoms with Crippen molar-refractivity contribution in [1.29, 1.82) is 5.26 Å². The number of nitriles is 1. The van der Waals surface area contributed by atoms with E-state index in [9.17, 15) is 10.1 Å². The first-order valence-electron chi connectivity index (χ1n) is 6.30. The van der Waals surface area contributed by atoms with Crippen molar-refractivity contribution in [2.45, 2.75) is 6.54 Å². The molecule has 1 aromatic carbocycles. The maximum absolute atomic E-state index is 10.7. The SMILES string of the molecule is N#Cc1nnn(Cc2ccc([N+](=O)[O-])cc2)c1-c1ccco1. The summed E-state index contributed by atoms with van der Waals surface area (Å²) < 4.78 is 6.83. The van der Waals surface area contributed by atoms with Crippen molar-refractivity contribution in [3.8, 4) is 17.5 Å². The fourth-order valence-corrected chi connectivity index (χ4v) is 2.05. The number of furan rings is 1. The molecule has 0 saturated carbocycles. The van der Waals surface area contributed by atoms with Crippen LogP contribution in [0.5, 0.6) is 0 Å². The van der Waals surface area contributed by atoms with Gasteiger partial charge in [0, 0.05) is 12.1 Å². The normalized spacial score (nSPS) is 10.3. The van der Waals surface area contributed by atoms with Gasteiger partial charge in [0.25, 0.3) is 5.69 Å². The minimum Gasteiger partial charge on any atom is -0.463 e. The molecule has 0 aliphatic heterocycles. The van der Waals surface area contributed by atoms with Gasteiger partial charge in [-0.3, -0.25) is 10.1 Å². The predicted octanol–water partition coefficient (Wildman–Crippen LogP) is 2.37. The van der Waals surface area contributed by atoms with Crippen LogP contribution in [0, 0.1) is 21.4 Å². The summed E-state index contributed by atoms with van der Waals surface area (Å²) in [5, 5.41) is 27.5. The molecule has 0 saturated heterocycles. The summed E-state index contributed by atoms with van der Waals surface area (Å²) in [6.45, 7) is 0.322. The Labute approximate surface area is 124 Å². The van der Waals surface area contributed by atoms with E-state index in [-0.39, 0.29) is 11.4 Å². The Hall–Kier alpha value is -3.47. The van der Waals surface area contributed by atoms with Crippen LogP contribution in [-0.2, 0) is 6.54 Å². The summed E-state index contributed by atoms with van der Waals surface area (Å²) in [5.74, 6) is 0.489. The largest absolute Gasteiger partial charge is 0.463 e. The van der Waals surface area contributed by atoms with Crippen molar-refractivity contribution in [1.82, 2.24) is 15.0 Å². The highest BCUT2D eigenvalue weighted by Gasteiger charge is 2.17. The number of non-ortho nitro benzene ring substituents is 1. The summed E-state index contributed by atoms with van der Waals surface area (Å²) >= 11 is 0. The van der Waals surface area contributed by atoms with E-state index in [0.29, 0.717) is 18.0 Å². The second-order valence-electron chi connectivity index (χ2n) is 4.46. The van der Waals surface area contributed by atoms with E-state index in [1.807, 2.05) is 6.07 Å². The van der Waals surface area contributed by atoms with E-state index in [0.717, 1.165) is 5.56 Å². The predicted molar refractivity (Wildman–Crippen MR) is 74.6 cm³/mol. The Morgan fingerprint density at radius 2 is 2.09 bits per heavy atom. The molecule has 0 N–H and O–H groups in total. The molecular formula is C14H9N5O3. The standard InChI is InChI=1S/C14H9N5O3/c15-8-12-14(13-2-1-7-22-13)18(17-16-12)9-10-3-5-11(6-4-10)19(20)21/h1-7H,9H2.